The maximum absolute atomic E-state index is 10.9. The lowest BCUT2D eigenvalue weighted by atomic mass is 10.2. The van der Waals surface area contributed by atoms with Crippen LogP contribution in [0.15, 0.2) is 0 Å². The molecule has 1 saturated heterocycles. The van der Waals surface area contributed by atoms with Gasteiger partial charge in [-0.3, -0.25) is 0 Å². The summed E-state index contributed by atoms with van der Waals surface area (Å²) in [7, 11) is 0. The topological polar surface area (TPSA) is 55.8 Å². The van der Waals surface area contributed by atoms with Gasteiger partial charge in [0.2, 0.25) is 6.29 Å². The molecule has 70 valence electrons. The number of ether oxygens (including phenoxy) is 2. The number of carbonyl (C=O) groups is 1. The molecule has 2 atom stereocenters. The summed E-state index contributed by atoms with van der Waals surface area (Å²) in [6, 6.07) is 0. The van der Waals surface area contributed by atoms with Gasteiger partial charge in [0.25, 0.3) is 0 Å². The largest absolute Gasteiger partial charge is 0.434 e. The minimum Gasteiger partial charge on any atom is -0.434 e. The average Bonchev–Trinajstić information content (AvgIpc) is 2.06. The molecule has 0 aromatic heterocycles. The zero-order chi connectivity index (χ0) is 8.97. The number of hydrogen-bond acceptors (Lipinski definition) is 4. The van der Waals surface area contributed by atoms with Gasteiger partial charge in [-0.15, -0.1) is 0 Å². The van der Waals surface area contributed by atoms with Crippen molar-refractivity contribution in [3.63, 3.8) is 0 Å². The Balaban J connectivity index is 2.24. The lowest BCUT2D eigenvalue weighted by Crippen LogP contribution is -2.30. The molecule has 0 amide bonds. The predicted molar refractivity (Wildman–Crippen MR) is 41.4 cm³/mol. The first kappa shape index (κ1) is 9.48. The molecule has 1 aliphatic rings. The summed E-state index contributed by atoms with van der Waals surface area (Å²) in [5.74, 6) is -0.609. The molecule has 12 heavy (non-hydrogen) atoms. The maximum atomic E-state index is 10.9. The number of hydrogen-bond donors (Lipinski definition) is 1. The van der Waals surface area contributed by atoms with E-state index in [9.17, 15) is 4.79 Å². The Kier molecular flexibility index (Phi) is 3.49. The normalized spacial score (nSPS) is 26.3. The van der Waals surface area contributed by atoms with Gasteiger partial charge in [0.05, 0.1) is 6.61 Å². The lowest BCUT2D eigenvalue weighted by molar-refractivity contribution is -0.194. The highest BCUT2D eigenvalue weighted by atomic mass is 16.7. The third kappa shape index (κ3) is 2.79. The van der Waals surface area contributed by atoms with E-state index in [0.29, 0.717) is 6.61 Å². The second kappa shape index (κ2) is 4.42. The van der Waals surface area contributed by atoms with Crippen molar-refractivity contribution in [1.82, 2.24) is 0 Å². The van der Waals surface area contributed by atoms with Crippen molar-refractivity contribution in [2.24, 2.45) is 0 Å². The standard InChI is InChI=1S/C8H14O4/c1-6(9)8(10)12-7-4-2-3-5-11-7/h6-7,9H,2-5H2,1H3. The summed E-state index contributed by atoms with van der Waals surface area (Å²) >= 11 is 0. The van der Waals surface area contributed by atoms with Crippen LogP contribution < -0.4 is 0 Å². The quantitative estimate of drug-likeness (QED) is 0.617. The molecular weight excluding hydrogens is 160 g/mol. The second-order valence-corrected chi connectivity index (χ2v) is 2.91. The van der Waals surface area contributed by atoms with E-state index in [-0.39, 0.29) is 0 Å². The van der Waals surface area contributed by atoms with Crippen LogP contribution in [0.5, 0.6) is 0 Å². The molecule has 1 aliphatic heterocycles. The Labute approximate surface area is 71.5 Å². The summed E-state index contributed by atoms with van der Waals surface area (Å²) in [6.45, 7) is 2.02. The van der Waals surface area contributed by atoms with Crippen LogP contribution in [-0.2, 0) is 14.3 Å². The molecule has 1 rings (SSSR count). The van der Waals surface area contributed by atoms with Crippen molar-refractivity contribution in [3.05, 3.63) is 0 Å². The first-order valence-electron chi connectivity index (χ1n) is 4.20. The van der Waals surface area contributed by atoms with E-state index in [0.717, 1.165) is 19.3 Å². The van der Waals surface area contributed by atoms with Gasteiger partial charge in [-0.05, 0) is 19.8 Å². The van der Waals surface area contributed by atoms with E-state index in [1.54, 1.807) is 0 Å². The van der Waals surface area contributed by atoms with Crippen LogP contribution in [0.25, 0.3) is 0 Å². The van der Waals surface area contributed by atoms with E-state index >= 15 is 0 Å². The van der Waals surface area contributed by atoms with Crippen LogP contribution in [-0.4, -0.2) is 30.1 Å². The molecule has 1 N–H and O–H groups in total. The summed E-state index contributed by atoms with van der Waals surface area (Å²) in [6.07, 6.45) is 1.26. The monoisotopic (exact) mass is 174 g/mol. The van der Waals surface area contributed by atoms with Crippen molar-refractivity contribution in [2.45, 2.75) is 38.6 Å². The molecular formula is C8H14O4. The first-order chi connectivity index (χ1) is 5.70. The van der Waals surface area contributed by atoms with Crippen molar-refractivity contribution in [3.8, 4) is 0 Å². The lowest BCUT2D eigenvalue weighted by Gasteiger charge is -2.22. The summed E-state index contributed by atoms with van der Waals surface area (Å²) < 4.78 is 9.99. The molecule has 1 fully saturated rings. The Bertz CT molecular complexity index is 149. The molecule has 4 nitrogen and oxygen atoms in total. The van der Waals surface area contributed by atoms with Crippen LogP contribution in [0, 0.1) is 0 Å². The molecule has 0 radical (unpaired) electrons. The molecule has 1 heterocycles. The van der Waals surface area contributed by atoms with E-state index < -0.39 is 18.4 Å². The molecule has 0 aromatic carbocycles. The number of aliphatic hydroxyl groups is 1. The van der Waals surface area contributed by atoms with Crippen LogP contribution in [0.2, 0.25) is 0 Å². The fourth-order valence-corrected chi connectivity index (χ4v) is 1.03. The summed E-state index contributed by atoms with van der Waals surface area (Å²) in [5.41, 5.74) is 0. The van der Waals surface area contributed by atoms with Gasteiger partial charge in [0, 0.05) is 6.42 Å². The SMILES string of the molecule is CC(O)C(=O)OC1CCCCO1. The third-order valence-electron chi connectivity index (χ3n) is 1.73. The Morgan fingerprint density at radius 2 is 2.42 bits per heavy atom. The molecule has 0 saturated carbocycles. The Morgan fingerprint density at radius 1 is 1.67 bits per heavy atom. The van der Waals surface area contributed by atoms with Crippen LogP contribution >= 0.6 is 0 Å². The zero-order valence-electron chi connectivity index (χ0n) is 7.16. The number of aliphatic hydroxyl groups excluding tert-OH is 1. The smallest absolute Gasteiger partial charge is 0.336 e. The van der Waals surface area contributed by atoms with Crippen LogP contribution in [0.3, 0.4) is 0 Å². The van der Waals surface area contributed by atoms with E-state index in [1.807, 2.05) is 0 Å². The van der Waals surface area contributed by atoms with Gasteiger partial charge in [-0.25, -0.2) is 4.79 Å². The molecule has 4 heteroatoms. The minimum atomic E-state index is -1.06. The van der Waals surface area contributed by atoms with Crippen molar-refractivity contribution >= 4 is 5.97 Å². The van der Waals surface area contributed by atoms with Crippen LogP contribution in [0.1, 0.15) is 26.2 Å². The van der Waals surface area contributed by atoms with Crippen LogP contribution in [0.4, 0.5) is 0 Å². The molecule has 0 aliphatic carbocycles. The average molecular weight is 174 g/mol. The predicted octanol–water partition coefficient (Wildman–Crippen LogP) is 0.437. The minimum absolute atomic E-state index is 0.444. The van der Waals surface area contributed by atoms with Crippen molar-refractivity contribution in [2.75, 3.05) is 6.61 Å². The summed E-state index contributed by atoms with van der Waals surface area (Å²) in [4.78, 5) is 10.9. The maximum Gasteiger partial charge on any atom is 0.336 e. The molecule has 0 aromatic rings. The fourth-order valence-electron chi connectivity index (χ4n) is 1.03. The number of carbonyl (C=O) groups excluding carboxylic acids is 1. The molecule has 2 unspecified atom stereocenters. The van der Waals surface area contributed by atoms with E-state index in [2.05, 4.69) is 0 Å². The summed E-state index contributed by atoms with van der Waals surface area (Å²) in [5, 5.41) is 8.82. The Hall–Kier alpha value is -0.610. The molecule has 0 bridgehead atoms. The van der Waals surface area contributed by atoms with Gasteiger partial charge >= 0.3 is 5.97 Å². The van der Waals surface area contributed by atoms with E-state index in [4.69, 9.17) is 14.6 Å². The second-order valence-electron chi connectivity index (χ2n) is 2.91. The van der Waals surface area contributed by atoms with Gasteiger partial charge in [0.1, 0.15) is 6.10 Å². The highest BCUT2D eigenvalue weighted by molar-refractivity contribution is 5.73. The van der Waals surface area contributed by atoms with Crippen molar-refractivity contribution in [1.29, 1.82) is 0 Å². The third-order valence-corrected chi connectivity index (χ3v) is 1.73. The Morgan fingerprint density at radius 3 is 2.92 bits per heavy atom. The van der Waals surface area contributed by atoms with Gasteiger partial charge in [-0.2, -0.15) is 0 Å². The highest BCUT2D eigenvalue weighted by Gasteiger charge is 2.20. The molecule has 0 spiro atoms. The van der Waals surface area contributed by atoms with Gasteiger partial charge in [0.15, 0.2) is 0 Å². The first-order valence-corrected chi connectivity index (χ1v) is 4.20. The fraction of sp³-hybridized carbons (Fsp3) is 0.875. The van der Waals surface area contributed by atoms with Crippen molar-refractivity contribution < 1.29 is 19.4 Å². The number of esters is 1. The van der Waals surface area contributed by atoms with Gasteiger partial charge in [-0.1, -0.05) is 0 Å². The zero-order valence-corrected chi connectivity index (χ0v) is 7.16. The number of rotatable bonds is 2. The van der Waals surface area contributed by atoms with Gasteiger partial charge < -0.3 is 14.6 Å². The van der Waals surface area contributed by atoms with E-state index in [1.165, 1.54) is 6.92 Å². The highest BCUT2D eigenvalue weighted by Crippen LogP contribution is 2.14.